The first kappa shape index (κ1) is 18.6. The maximum atomic E-state index is 12.8. The van der Waals surface area contributed by atoms with Gasteiger partial charge in [0.1, 0.15) is 5.69 Å². The number of piperidine rings is 1. The lowest BCUT2D eigenvalue weighted by Crippen LogP contribution is -2.29. The van der Waals surface area contributed by atoms with Gasteiger partial charge in [-0.05, 0) is 38.7 Å². The Morgan fingerprint density at radius 2 is 2.14 bits per heavy atom. The average Bonchev–Trinajstić information content (AvgIpc) is 3.46. The molecule has 7 nitrogen and oxygen atoms in total. The largest absolute Gasteiger partial charge is 0.381 e. The molecule has 4 heterocycles. The van der Waals surface area contributed by atoms with E-state index in [1.165, 1.54) is 19.3 Å². The number of hydrogen-bond acceptors (Lipinski definition) is 6. The SMILES string of the molecule is Cc1cccc(-c2nc3sc(N4CCCCC4)nn3c2NC(=O)C2CCOC2)c1. The summed E-state index contributed by atoms with van der Waals surface area (Å²) in [5.74, 6) is 0.513. The number of anilines is 2. The van der Waals surface area contributed by atoms with Crippen LogP contribution in [0.3, 0.4) is 0 Å². The number of imidazole rings is 1. The molecule has 0 radical (unpaired) electrons. The summed E-state index contributed by atoms with van der Waals surface area (Å²) in [5.41, 5.74) is 2.91. The molecule has 1 aromatic carbocycles. The van der Waals surface area contributed by atoms with Crippen LogP contribution in [0.2, 0.25) is 0 Å². The number of aromatic nitrogens is 3. The maximum Gasteiger partial charge on any atom is 0.231 e. The van der Waals surface area contributed by atoms with E-state index in [0.717, 1.165) is 46.4 Å². The van der Waals surface area contributed by atoms with Crippen molar-refractivity contribution in [1.82, 2.24) is 14.6 Å². The van der Waals surface area contributed by atoms with Crippen LogP contribution in [0.15, 0.2) is 24.3 Å². The smallest absolute Gasteiger partial charge is 0.231 e. The van der Waals surface area contributed by atoms with E-state index in [1.54, 1.807) is 15.9 Å². The molecule has 2 aliphatic heterocycles. The van der Waals surface area contributed by atoms with Gasteiger partial charge in [-0.2, -0.15) is 4.52 Å². The standard InChI is InChI=1S/C21H25N5O2S/c1-14-6-5-7-15(12-14)17-18(23-19(27)16-8-11-28-13-16)26-20(22-17)29-21(24-26)25-9-3-2-4-10-25/h5-7,12,16H,2-4,8-11,13H2,1H3,(H,23,27). The molecule has 0 saturated carbocycles. The highest BCUT2D eigenvalue weighted by Gasteiger charge is 2.27. The number of amides is 1. The van der Waals surface area contributed by atoms with Crippen molar-refractivity contribution in [2.75, 3.05) is 36.5 Å². The van der Waals surface area contributed by atoms with Crippen LogP contribution in [0.25, 0.3) is 16.2 Å². The average molecular weight is 412 g/mol. The lowest BCUT2D eigenvalue weighted by atomic mass is 10.1. The second-order valence-electron chi connectivity index (χ2n) is 7.85. The Balaban J connectivity index is 1.55. The Bertz CT molecular complexity index is 1030. The topological polar surface area (TPSA) is 71.8 Å². The molecular formula is C21H25N5O2S. The van der Waals surface area contributed by atoms with Crippen molar-refractivity contribution >= 4 is 33.2 Å². The fourth-order valence-corrected chi connectivity index (χ4v) is 4.97. The van der Waals surface area contributed by atoms with Crippen molar-refractivity contribution < 1.29 is 9.53 Å². The molecule has 152 valence electrons. The number of nitrogens with zero attached hydrogens (tertiary/aromatic N) is 4. The quantitative estimate of drug-likeness (QED) is 0.708. The van der Waals surface area contributed by atoms with E-state index in [4.69, 9.17) is 14.8 Å². The first-order chi connectivity index (χ1) is 14.2. The summed E-state index contributed by atoms with van der Waals surface area (Å²) in [6.07, 6.45) is 4.42. The molecule has 1 unspecified atom stereocenters. The molecule has 2 saturated heterocycles. The Morgan fingerprint density at radius 3 is 2.90 bits per heavy atom. The molecule has 1 amide bonds. The normalized spacial score (nSPS) is 19.8. The predicted molar refractivity (Wildman–Crippen MR) is 115 cm³/mol. The number of benzene rings is 1. The summed E-state index contributed by atoms with van der Waals surface area (Å²) >= 11 is 1.59. The Kier molecular flexibility index (Phi) is 4.97. The van der Waals surface area contributed by atoms with Gasteiger partial charge in [0.05, 0.1) is 12.5 Å². The minimum Gasteiger partial charge on any atom is -0.381 e. The number of nitrogens with one attached hydrogen (secondary N) is 1. The van der Waals surface area contributed by atoms with Crippen molar-refractivity contribution in [3.05, 3.63) is 29.8 Å². The summed E-state index contributed by atoms with van der Waals surface area (Å²) in [5, 5.41) is 8.93. The highest BCUT2D eigenvalue weighted by molar-refractivity contribution is 7.20. The van der Waals surface area contributed by atoms with Gasteiger partial charge in [-0.3, -0.25) is 4.79 Å². The van der Waals surface area contributed by atoms with Gasteiger partial charge in [-0.15, -0.1) is 5.10 Å². The van der Waals surface area contributed by atoms with Crippen LogP contribution in [0.4, 0.5) is 10.9 Å². The van der Waals surface area contributed by atoms with Gasteiger partial charge in [0.15, 0.2) is 5.82 Å². The molecule has 5 rings (SSSR count). The van der Waals surface area contributed by atoms with Crippen LogP contribution < -0.4 is 10.2 Å². The first-order valence-electron chi connectivity index (χ1n) is 10.3. The summed E-state index contributed by atoms with van der Waals surface area (Å²) in [6.45, 7) is 5.23. The van der Waals surface area contributed by atoms with Crippen molar-refractivity contribution in [1.29, 1.82) is 0 Å². The number of carbonyl (C=O) groups excluding carboxylic acids is 1. The monoisotopic (exact) mass is 411 g/mol. The zero-order valence-electron chi connectivity index (χ0n) is 16.6. The summed E-state index contributed by atoms with van der Waals surface area (Å²) in [4.78, 5) is 20.8. The Morgan fingerprint density at radius 1 is 1.28 bits per heavy atom. The molecule has 2 fully saturated rings. The molecule has 1 atom stereocenters. The number of ether oxygens (including phenoxy) is 1. The van der Waals surface area contributed by atoms with Crippen LogP contribution >= 0.6 is 11.3 Å². The molecule has 2 aliphatic rings. The summed E-state index contributed by atoms with van der Waals surface area (Å²) in [6, 6.07) is 8.19. The van der Waals surface area contributed by atoms with Gasteiger partial charge in [0.2, 0.25) is 16.0 Å². The molecule has 2 aromatic heterocycles. The highest BCUT2D eigenvalue weighted by Crippen LogP contribution is 2.35. The lowest BCUT2D eigenvalue weighted by molar-refractivity contribution is -0.119. The third kappa shape index (κ3) is 3.62. The fraction of sp³-hybridized carbons (Fsp3) is 0.476. The van der Waals surface area contributed by atoms with Crippen LogP contribution in [0.5, 0.6) is 0 Å². The van der Waals surface area contributed by atoms with E-state index in [2.05, 4.69) is 29.3 Å². The third-order valence-electron chi connectivity index (χ3n) is 5.65. The van der Waals surface area contributed by atoms with Crippen molar-refractivity contribution in [3.63, 3.8) is 0 Å². The van der Waals surface area contributed by atoms with Crippen LogP contribution in [-0.2, 0) is 9.53 Å². The number of carbonyl (C=O) groups is 1. The number of rotatable bonds is 4. The maximum absolute atomic E-state index is 12.8. The van der Waals surface area contributed by atoms with Crippen LogP contribution in [-0.4, -0.2) is 46.8 Å². The number of hydrogen-bond donors (Lipinski definition) is 1. The molecule has 8 heteroatoms. The second-order valence-corrected chi connectivity index (χ2v) is 8.79. The minimum atomic E-state index is -0.119. The van der Waals surface area contributed by atoms with Crippen molar-refractivity contribution in [2.24, 2.45) is 5.92 Å². The van der Waals surface area contributed by atoms with E-state index in [0.29, 0.717) is 19.0 Å². The van der Waals surface area contributed by atoms with E-state index in [9.17, 15) is 4.79 Å². The molecule has 0 aliphatic carbocycles. The third-order valence-corrected chi connectivity index (χ3v) is 6.62. The minimum absolute atomic E-state index is 0.0225. The van der Waals surface area contributed by atoms with Gasteiger partial charge >= 0.3 is 0 Å². The zero-order chi connectivity index (χ0) is 19.8. The van der Waals surface area contributed by atoms with Crippen molar-refractivity contribution in [2.45, 2.75) is 32.6 Å². The lowest BCUT2D eigenvalue weighted by Gasteiger charge is -2.25. The molecule has 3 aromatic rings. The van der Waals surface area contributed by atoms with Crippen molar-refractivity contribution in [3.8, 4) is 11.3 Å². The first-order valence-corrected chi connectivity index (χ1v) is 11.1. The Hall–Kier alpha value is -2.45. The van der Waals surface area contributed by atoms with Gasteiger partial charge in [-0.25, -0.2) is 4.98 Å². The Labute approximate surface area is 173 Å². The molecule has 0 spiro atoms. The van der Waals surface area contributed by atoms with E-state index in [1.807, 2.05) is 12.1 Å². The molecule has 29 heavy (non-hydrogen) atoms. The van der Waals surface area contributed by atoms with Gasteiger partial charge < -0.3 is 15.0 Å². The van der Waals surface area contributed by atoms with Crippen LogP contribution in [0, 0.1) is 12.8 Å². The number of fused-ring (bicyclic) bond motifs is 1. The highest BCUT2D eigenvalue weighted by atomic mass is 32.1. The summed E-state index contributed by atoms with van der Waals surface area (Å²) in [7, 11) is 0. The van der Waals surface area contributed by atoms with Gasteiger partial charge in [-0.1, -0.05) is 35.1 Å². The molecular weight excluding hydrogens is 386 g/mol. The van der Waals surface area contributed by atoms with Gasteiger partial charge in [0, 0.05) is 25.3 Å². The predicted octanol–water partition coefficient (Wildman–Crippen LogP) is 3.73. The van der Waals surface area contributed by atoms with E-state index < -0.39 is 0 Å². The number of aryl methyl sites for hydroxylation is 1. The molecule has 1 N–H and O–H groups in total. The van der Waals surface area contributed by atoms with E-state index in [-0.39, 0.29) is 11.8 Å². The van der Waals surface area contributed by atoms with E-state index >= 15 is 0 Å². The fourth-order valence-electron chi connectivity index (χ4n) is 4.02. The molecule has 0 bridgehead atoms. The summed E-state index contributed by atoms with van der Waals surface area (Å²) < 4.78 is 7.20. The van der Waals surface area contributed by atoms with Gasteiger partial charge in [0.25, 0.3) is 0 Å². The zero-order valence-corrected chi connectivity index (χ0v) is 17.4. The second kappa shape index (κ2) is 7.76. The van der Waals surface area contributed by atoms with Crippen LogP contribution in [0.1, 0.15) is 31.2 Å².